The van der Waals surface area contributed by atoms with Crippen molar-refractivity contribution in [1.82, 2.24) is 0 Å². The van der Waals surface area contributed by atoms with Crippen molar-refractivity contribution in [2.75, 3.05) is 0 Å². The first-order valence-electron chi connectivity index (χ1n) is 15.3. The van der Waals surface area contributed by atoms with Gasteiger partial charge in [0.25, 0.3) is 0 Å². The fraction of sp³-hybridized carbons (Fsp3) is 0.875. The van der Waals surface area contributed by atoms with Gasteiger partial charge in [0.15, 0.2) is 5.78 Å². The fourth-order valence-electron chi connectivity index (χ4n) is 8.68. The number of ether oxygens (including phenoxy) is 1. The van der Waals surface area contributed by atoms with E-state index in [4.69, 9.17) is 4.74 Å². The van der Waals surface area contributed by atoms with Gasteiger partial charge in [-0.1, -0.05) is 84.1 Å². The standard InChI is InChI=1S/C32H52O3/c1-4-5-6-7-8-9-10-11-12-13-14-30(34)35-29-18-17-27-26-16-15-24-23-25(33)19-21-31(24,2)28(26)20-22-32(27,29)3/h23,26-29H,4-22H2,1-3H3/t26-,27-,28-,29-,31?,32?/m0/s1. The second-order valence-corrected chi connectivity index (χ2v) is 13.0. The van der Waals surface area contributed by atoms with Crippen molar-refractivity contribution in [2.45, 2.75) is 149 Å². The Bertz CT molecular complexity index is 769. The molecule has 4 aliphatic rings. The molecule has 198 valence electrons. The smallest absolute Gasteiger partial charge is 0.306 e. The summed E-state index contributed by atoms with van der Waals surface area (Å²) in [6.45, 7) is 7.15. The van der Waals surface area contributed by atoms with Gasteiger partial charge >= 0.3 is 5.97 Å². The quantitative estimate of drug-likeness (QED) is 0.205. The number of hydrogen-bond acceptors (Lipinski definition) is 3. The van der Waals surface area contributed by atoms with Crippen molar-refractivity contribution in [1.29, 1.82) is 0 Å². The maximum absolute atomic E-state index is 12.7. The normalized spacial score (nSPS) is 36.2. The highest BCUT2D eigenvalue weighted by molar-refractivity contribution is 5.91. The summed E-state index contributed by atoms with van der Waals surface area (Å²) in [7, 11) is 0. The van der Waals surface area contributed by atoms with Crippen LogP contribution in [-0.4, -0.2) is 17.9 Å². The first-order valence-corrected chi connectivity index (χ1v) is 15.3. The first-order chi connectivity index (χ1) is 16.9. The molecule has 0 heterocycles. The average Bonchev–Trinajstić information content (AvgIpc) is 3.16. The van der Waals surface area contributed by atoms with Gasteiger partial charge in [-0.25, -0.2) is 0 Å². The van der Waals surface area contributed by atoms with E-state index in [0.717, 1.165) is 44.4 Å². The highest BCUT2D eigenvalue weighted by atomic mass is 16.5. The minimum absolute atomic E-state index is 0.0465. The second kappa shape index (κ2) is 12.0. The van der Waals surface area contributed by atoms with Gasteiger partial charge < -0.3 is 4.74 Å². The minimum Gasteiger partial charge on any atom is -0.462 e. The van der Waals surface area contributed by atoms with Gasteiger partial charge in [0.1, 0.15) is 6.10 Å². The van der Waals surface area contributed by atoms with Crippen molar-refractivity contribution in [3.8, 4) is 0 Å². The molecule has 0 radical (unpaired) electrons. The number of esters is 1. The van der Waals surface area contributed by atoms with Crippen LogP contribution in [0.15, 0.2) is 11.6 Å². The zero-order chi connectivity index (χ0) is 24.9. The van der Waals surface area contributed by atoms with E-state index < -0.39 is 0 Å². The molecule has 0 aromatic carbocycles. The van der Waals surface area contributed by atoms with E-state index in [9.17, 15) is 9.59 Å². The van der Waals surface area contributed by atoms with Crippen molar-refractivity contribution >= 4 is 11.8 Å². The lowest BCUT2D eigenvalue weighted by Crippen LogP contribution is -2.51. The van der Waals surface area contributed by atoms with Crippen LogP contribution in [0.5, 0.6) is 0 Å². The van der Waals surface area contributed by atoms with Crippen molar-refractivity contribution in [3.05, 3.63) is 11.6 Å². The van der Waals surface area contributed by atoms with Gasteiger partial charge in [-0.3, -0.25) is 9.59 Å². The predicted octanol–water partition coefficient (Wildman–Crippen LogP) is 8.74. The molecule has 0 aliphatic heterocycles. The summed E-state index contributed by atoms with van der Waals surface area (Å²) in [5.41, 5.74) is 1.81. The Morgan fingerprint density at radius 1 is 0.857 bits per heavy atom. The topological polar surface area (TPSA) is 43.4 Å². The number of allylic oxidation sites excluding steroid dienone is 1. The Hall–Kier alpha value is -1.12. The Balaban J connectivity index is 1.20. The Morgan fingerprint density at radius 2 is 1.54 bits per heavy atom. The molecule has 35 heavy (non-hydrogen) atoms. The molecular weight excluding hydrogens is 432 g/mol. The van der Waals surface area contributed by atoms with Crippen LogP contribution in [0.1, 0.15) is 143 Å². The van der Waals surface area contributed by atoms with E-state index in [1.54, 1.807) is 0 Å². The maximum Gasteiger partial charge on any atom is 0.306 e. The lowest BCUT2D eigenvalue weighted by molar-refractivity contribution is -0.160. The van der Waals surface area contributed by atoms with Crippen molar-refractivity contribution in [2.24, 2.45) is 28.6 Å². The first kappa shape index (κ1) is 26.9. The predicted molar refractivity (Wildman–Crippen MR) is 143 cm³/mol. The van der Waals surface area contributed by atoms with Crippen molar-refractivity contribution < 1.29 is 14.3 Å². The maximum atomic E-state index is 12.7. The van der Waals surface area contributed by atoms with Crippen LogP contribution < -0.4 is 0 Å². The van der Waals surface area contributed by atoms with Crippen LogP contribution in [-0.2, 0) is 14.3 Å². The number of rotatable bonds is 12. The SMILES string of the molecule is CCCCCCCCCCCCC(=O)O[C@H]1CC[C@H]2[C@@H]3CCC4=CC(=O)CCC4(C)[C@H]3CCC12C. The fourth-order valence-corrected chi connectivity index (χ4v) is 8.68. The zero-order valence-electron chi connectivity index (χ0n) is 23.0. The van der Waals surface area contributed by atoms with Crippen molar-refractivity contribution in [3.63, 3.8) is 0 Å². The third kappa shape index (κ3) is 5.90. The number of ketones is 1. The van der Waals surface area contributed by atoms with Gasteiger partial charge in [0.05, 0.1) is 0 Å². The Kier molecular flexibility index (Phi) is 9.19. The average molecular weight is 485 g/mol. The molecule has 3 saturated carbocycles. The molecule has 0 spiro atoms. The van der Waals surface area contributed by atoms with Crippen LogP contribution in [0.3, 0.4) is 0 Å². The highest BCUT2D eigenvalue weighted by Crippen LogP contribution is 2.65. The third-order valence-electron chi connectivity index (χ3n) is 10.9. The summed E-state index contributed by atoms with van der Waals surface area (Å²) in [5.74, 6) is 2.49. The molecule has 4 aliphatic carbocycles. The molecule has 0 amide bonds. The summed E-state index contributed by atoms with van der Waals surface area (Å²) in [6.07, 6.45) is 24.4. The number of unbranched alkanes of at least 4 members (excludes halogenated alkanes) is 9. The molecule has 6 atom stereocenters. The number of carbonyl (C=O) groups is 2. The van der Waals surface area contributed by atoms with E-state index in [1.807, 2.05) is 6.08 Å². The molecule has 0 bridgehead atoms. The Labute approximate surface area is 215 Å². The number of fused-ring (bicyclic) bond motifs is 5. The second-order valence-electron chi connectivity index (χ2n) is 13.0. The lowest BCUT2D eigenvalue weighted by Gasteiger charge is -2.57. The van der Waals surface area contributed by atoms with E-state index in [-0.39, 0.29) is 22.9 Å². The summed E-state index contributed by atoms with van der Waals surface area (Å²) >= 11 is 0. The Morgan fingerprint density at radius 3 is 2.26 bits per heavy atom. The van der Waals surface area contributed by atoms with Crippen LogP contribution >= 0.6 is 0 Å². The van der Waals surface area contributed by atoms with Crippen LogP contribution in [0.4, 0.5) is 0 Å². The van der Waals surface area contributed by atoms with Crippen LogP contribution in [0, 0.1) is 28.6 Å². The monoisotopic (exact) mass is 484 g/mol. The van der Waals surface area contributed by atoms with E-state index in [0.29, 0.717) is 24.0 Å². The molecule has 3 heteroatoms. The van der Waals surface area contributed by atoms with E-state index >= 15 is 0 Å². The lowest BCUT2D eigenvalue weighted by atomic mass is 9.47. The molecule has 0 aromatic rings. The van der Waals surface area contributed by atoms with Gasteiger partial charge in [-0.05, 0) is 80.6 Å². The van der Waals surface area contributed by atoms with Gasteiger partial charge in [0.2, 0.25) is 0 Å². The third-order valence-corrected chi connectivity index (χ3v) is 10.9. The van der Waals surface area contributed by atoms with Gasteiger partial charge in [-0.2, -0.15) is 0 Å². The largest absolute Gasteiger partial charge is 0.462 e. The van der Waals surface area contributed by atoms with E-state index in [1.165, 1.54) is 82.6 Å². The molecule has 3 nitrogen and oxygen atoms in total. The molecule has 4 rings (SSSR count). The summed E-state index contributed by atoms with van der Waals surface area (Å²) in [5, 5.41) is 0. The summed E-state index contributed by atoms with van der Waals surface area (Å²) in [4.78, 5) is 24.8. The molecular formula is C32H52O3. The zero-order valence-corrected chi connectivity index (χ0v) is 23.0. The number of carbonyl (C=O) groups excluding carboxylic acids is 2. The molecule has 2 unspecified atom stereocenters. The molecule has 3 fully saturated rings. The molecule has 0 saturated heterocycles. The molecule has 0 aromatic heterocycles. The molecule has 0 N–H and O–H groups in total. The van der Waals surface area contributed by atoms with Gasteiger partial charge in [-0.15, -0.1) is 0 Å². The number of hydrogen-bond donors (Lipinski definition) is 0. The van der Waals surface area contributed by atoms with Gasteiger partial charge in [0, 0.05) is 18.3 Å². The van der Waals surface area contributed by atoms with E-state index in [2.05, 4.69) is 20.8 Å². The highest BCUT2D eigenvalue weighted by Gasteiger charge is 2.59. The summed E-state index contributed by atoms with van der Waals surface area (Å²) in [6, 6.07) is 0. The minimum atomic E-state index is 0.0465. The van der Waals surface area contributed by atoms with Crippen LogP contribution in [0.25, 0.3) is 0 Å². The summed E-state index contributed by atoms with van der Waals surface area (Å²) < 4.78 is 6.20. The van der Waals surface area contributed by atoms with Crippen LogP contribution in [0.2, 0.25) is 0 Å².